The van der Waals surface area contributed by atoms with Crippen molar-refractivity contribution < 1.29 is 9.15 Å². The normalized spacial score (nSPS) is 19.8. The molecule has 198 valence electrons. The molecule has 1 saturated heterocycles. The smallest absolute Gasteiger partial charge is 0.181 e. The standard InChI is InChI=1S/C21H24N6O2S.C3H8.C2H6.CH4/c22-12-17-20(24-25-21(17)15-3-6-18-19(11-15)29-13-23-18)14-1-4-16(5-2-14)26-30-27-7-9-28-10-8-27;1-3-2;1-2;/h3,6,11,13-14,16,26H,1-2,4-5,7-10H2,(H,24,25);3H2,1-2H3;1-2H3;1H4. The lowest BCUT2D eigenvalue weighted by molar-refractivity contribution is 0.0768. The molecule has 3 aromatic rings. The minimum absolute atomic E-state index is 0. The number of morpholine rings is 1. The maximum Gasteiger partial charge on any atom is 0.181 e. The van der Waals surface area contributed by atoms with E-state index in [1.165, 1.54) is 12.8 Å². The Morgan fingerprint density at radius 1 is 1.17 bits per heavy atom. The number of hydrogen-bond acceptors (Lipinski definition) is 8. The first-order valence-electron chi connectivity index (χ1n) is 12.8. The van der Waals surface area contributed by atoms with E-state index >= 15 is 0 Å². The van der Waals surface area contributed by atoms with Gasteiger partial charge in [0.1, 0.15) is 22.8 Å². The van der Waals surface area contributed by atoms with E-state index in [9.17, 15) is 5.26 Å². The first-order valence-corrected chi connectivity index (χ1v) is 13.6. The van der Waals surface area contributed by atoms with Gasteiger partial charge < -0.3 is 9.15 Å². The van der Waals surface area contributed by atoms with Crippen LogP contribution in [-0.4, -0.2) is 51.8 Å². The minimum atomic E-state index is 0. The number of aromatic nitrogens is 3. The van der Waals surface area contributed by atoms with Gasteiger partial charge in [0, 0.05) is 42.7 Å². The molecule has 8 nitrogen and oxygen atoms in total. The Hall–Kier alpha value is -2.38. The predicted molar refractivity (Wildman–Crippen MR) is 148 cm³/mol. The molecule has 9 heteroatoms. The molecule has 2 N–H and O–H groups in total. The molecule has 0 unspecified atom stereocenters. The highest BCUT2D eigenvalue weighted by atomic mass is 32.2. The van der Waals surface area contributed by atoms with Crippen molar-refractivity contribution in [3.8, 4) is 17.3 Å². The fourth-order valence-corrected chi connectivity index (χ4v) is 5.13. The number of fused-ring (bicyclic) bond motifs is 1. The maximum absolute atomic E-state index is 9.86. The van der Waals surface area contributed by atoms with Crippen LogP contribution in [0.2, 0.25) is 0 Å². The lowest BCUT2D eigenvalue weighted by Gasteiger charge is -2.31. The number of nitrogens with one attached hydrogen (secondary N) is 2. The number of benzene rings is 1. The van der Waals surface area contributed by atoms with Gasteiger partial charge in [0.15, 0.2) is 12.0 Å². The number of rotatable bonds is 5. The first kappa shape index (κ1) is 29.8. The Morgan fingerprint density at radius 2 is 1.86 bits per heavy atom. The summed E-state index contributed by atoms with van der Waals surface area (Å²) in [5.41, 5.74) is 4.67. The Bertz CT molecular complexity index is 1060. The third-order valence-electron chi connectivity index (χ3n) is 5.96. The second kappa shape index (κ2) is 15.7. The van der Waals surface area contributed by atoms with Crippen LogP contribution in [0.3, 0.4) is 0 Å². The monoisotopic (exact) mass is 514 g/mol. The van der Waals surface area contributed by atoms with Crippen molar-refractivity contribution in [3.05, 3.63) is 35.9 Å². The molecule has 0 radical (unpaired) electrons. The summed E-state index contributed by atoms with van der Waals surface area (Å²) in [7, 11) is 0. The topological polar surface area (TPSA) is 103 Å². The number of nitrogens with zero attached hydrogens (tertiary/aromatic N) is 4. The molecule has 0 spiro atoms. The molecule has 36 heavy (non-hydrogen) atoms. The SMILES string of the molecule is C.CC.CCC.N#Cc1c(-c2ccc3ncoc3c2)n[nH]c1C1CCC(NSN2CCOCC2)CC1. The van der Waals surface area contributed by atoms with Gasteiger partial charge in [-0.25, -0.2) is 14.0 Å². The maximum atomic E-state index is 9.86. The Kier molecular flexibility index (Phi) is 13.0. The van der Waals surface area contributed by atoms with E-state index in [0.29, 0.717) is 28.8 Å². The van der Waals surface area contributed by atoms with E-state index in [1.54, 1.807) is 12.1 Å². The van der Waals surface area contributed by atoms with Crippen LogP contribution in [0.5, 0.6) is 0 Å². The number of hydrogen-bond donors (Lipinski definition) is 2. The van der Waals surface area contributed by atoms with E-state index in [0.717, 1.165) is 68.8 Å². The second-order valence-corrected chi connectivity index (χ2v) is 9.45. The van der Waals surface area contributed by atoms with E-state index in [2.05, 4.69) is 44.1 Å². The summed E-state index contributed by atoms with van der Waals surface area (Å²) in [6.45, 7) is 11.8. The Morgan fingerprint density at radius 3 is 2.53 bits per heavy atom. The van der Waals surface area contributed by atoms with E-state index in [4.69, 9.17) is 9.15 Å². The summed E-state index contributed by atoms with van der Waals surface area (Å²) in [5, 5.41) is 17.5. The molecular weight excluding hydrogens is 472 g/mol. The van der Waals surface area contributed by atoms with Gasteiger partial charge in [0.2, 0.25) is 0 Å². The summed E-state index contributed by atoms with van der Waals surface area (Å²) < 4.78 is 16.8. The average Bonchev–Trinajstić information content (AvgIpc) is 3.56. The molecule has 1 saturated carbocycles. The van der Waals surface area contributed by atoms with Crippen LogP contribution in [0.4, 0.5) is 0 Å². The van der Waals surface area contributed by atoms with Crippen molar-refractivity contribution in [2.24, 2.45) is 0 Å². The molecule has 1 aliphatic carbocycles. The highest BCUT2D eigenvalue weighted by molar-refractivity contribution is 7.95. The van der Waals surface area contributed by atoms with Crippen LogP contribution in [0.15, 0.2) is 29.0 Å². The second-order valence-electron chi connectivity index (χ2n) is 8.51. The summed E-state index contributed by atoms with van der Waals surface area (Å²) in [6, 6.07) is 8.61. The number of H-pyrrole nitrogens is 1. The van der Waals surface area contributed by atoms with E-state index < -0.39 is 0 Å². The van der Waals surface area contributed by atoms with Gasteiger partial charge in [0.05, 0.1) is 18.9 Å². The van der Waals surface area contributed by atoms with Crippen LogP contribution in [0.25, 0.3) is 22.4 Å². The summed E-state index contributed by atoms with van der Waals surface area (Å²) in [4.78, 5) is 4.15. The van der Waals surface area contributed by atoms with Crippen molar-refractivity contribution in [2.45, 2.75) is 79.2 Å². The van der Waals surface area contributed by atoms with Gasteiger partial charge in [-0.15, -0.1) is 0 Å². The highest BCUT2D eigenvalue weighted by Gasteiger charge is 2.28. The summed E-state index contributed by atoms with van der Waals surface area (Å²) in [6.07, 6.45) is 6.94. The van der Waals surface area contributed by atoms with Crippen molar-refractivity contribution in [1.82, 2.24) is 24.2 Å². The van der Waals surface area contributed by atoms with Gasteiger partial charge in [-0.1, -0.05) is 47.6 Å². The van der Waals surface area contributed by atoms with E-state index in [-0.39, 0.29) is 7.43 Å². The van der Waals surface area contributed by atoms with Crippen LogP contribution in [0, 0.1) is 11.3 Å². The zero-order valence-electron chi connectivity index (χ0n) is 21.3. The molecule has 0 bridgehead atoms. The van der Waals surface area contributed by atoms with E-state index in [1.807, 2.05) is 32.0 Å². The van der Waals surface area contributed by atoms with Gasteiger partial charge in [0.25, 0.3) is 0 Å². The van der Waals surface area contributed by atoms with Crippen molar-refractivity contribution >= 4 is 23.2 Å². The van der Waals surface area contributed by atoms with Gasteiger partial charge in [-0.2, -0.15) is 10.4 Å². The lowest BCUT2D eigenvalue weighted by atomic mass is 9.83. The van der Waals surface area contributed by atoms with Crippen LogP contribution >= 0.6 is 12.1 Å². The number of oxazole rings is 1. The minimum Gasteiger partial charge on any atom is -0.443 e. The quantitative estimate of drug-likeness (QED) is 0.363. The van der Waals surface area contributed by atoms with Gasteiger partial charge in [-0.05, 0) is 37.8 Å². The first-order chi connectivity index (χ1) is 17.2. The number of ether oxygens (including phenoxy) is 1. The molecule has 5 rings (SSSR count). The largest absolute Gasteiger partial charge is 0.443 e. The summed E-state index contributed by atoms with van der Waals surface area (Å²) in [5.74, 6) is 0.335. The van der Waals surface area contributed by atoms with Crippen LogP contribution in [-0.2, 0) is 4.74 Å². The zero-order chi connectivity index (χ0) is 25.0. The Balaban J connectivity index is 0.000000710. The van der Waals surface area contributed by atoms with Gasteiger partial charge >= 0.3 is 0 Å². The summed E-state index contributed by atoms with van der Waals surface area (Å²) >= 11 is 1.73. The fraction of sp³-hybridized carbons (Fsp3) is 0.593. The third kappa shape index (κ3) is 7.56. The molecule has 3 heterocycles. The molecule has 0 atom stereocenters. The zero-order valence-corrected chi connectivity index (χ0v) is 22.2. The highest BCUT2D eigenvalue weighted by Crippen LogP contribution is 2.37. The molecule has 2 fully saturated rings. The predicted octanol–water partition coefficient (Wildman–Crippen LogP) is 6.68. The fourth-order valence-electron chi connectivity index (χ4n) is 4.26. The molecular formula is C27H42N6O2S. The lowest BCUT2D eigenvalue weighted by Crippen LogP contribution is -2.37. The third-order valence-corrected chi connectivity index (χ3v) is 7.03. The van der Waals surface area contributed by atoms with Crippen molar-refractivity contribution in [2.75, 3.05) is 26.3 Å². The average molecular weight is 515 g/mol. The molecule has 2 aliphatic rings. The number of nitriles is 1. The van der Waals surface area contributed by atoms with Gasteiger partial charge in [-0.3, -0.25) is 5.10 Å². The van der Waals surface area contributed by atoms with Crippen molar-refractivity contribution in [3.63, 3.8) is 0 Å². The molecule has 1 aromatic carbocycles. The molecule has 0 amide bonds. The van der Waals surface area contributed by atoms with Crippen LogP contribution in [0.1, 0.15) is 84.4 Å². The van der Waals surface area contributed by atoms with Crippen LogP contribution < -0.4 is 4.72 Å². The van der Waals surface area contributed by atoms with Crippen molar-refractivity contribution in [1.29, 1.82) is 5.26 Å². The number of aromatic amines is 1. The molecule has 2 aromatic heterocycles. The molecule has 1 aliphatic heterocycles. The Labute approximate surface area is 220 Å².